The van der Waals surface area contributed by atoms with Crippen molar-refractivity contribution in [3.8, 4) is 5.75 Å². The van der Waals surface area contributed by atoms with E-state index in [4.69, 9.17) is 4.74 Å². The molecule has 3 heterocycles. The van der Waals surface area contributed by atoms with Crippen LogP contribution in [-0.4, -0.2) is 44.0 Å². The van der Waals surface area contributed by atoms with Gasteiger partial charge in [0.1, 0.15) is 5.75 Å². The van der Waals surface area contributed by atoms with Crippen molar-refractivity contribution in [3.63, 3.8) is 0 Å². The van der Waals surface area contributed by atoms with Crippen molar-refractivity contribution >= 4 is 11.7 Å². The van der Waals surface area contributed by atoms with Crippen molar-refractivity contribution in [1.82, 2.24) is 24.5 Å². The first-order chi connectivity index (χ1) is 14.7. The van der Waals surface area contributed by atoms with Crippen molar-refractivity contribution in [2.24, 2.45) is 0 Å². The van der Waals surface area contributed by atoms with Gasteiger partial charge in [-0.1, -0.05) is 12.1 Å². The van der Waals surface area contributed by atoms with Crippen LogP contribution >= 0.6 is 0 Å². The lowest BCUT2D eigenvalue weighted by atomic mass is 10.0. The molecular formula is C21H22F3N5O2. The maximum absolute atomic E-state index is 13.2. The van der Waals surface area contributed by atoms with Crippen molar-refractivity contribution in [2.75, 3.05) is 13.7 Å². The van der Waals surface area contributed by atoms with Gasteiger partial charge in [-0.15, -0.1) is 5.10 Å². The lowest BCUT2D eigenvalue weighted by molar-refractivity contribution is -0.144. The molecule has 1 aliphatic heterocycles. The first-order valence-corrected chi connectivity index (χ1v) is 9.92. The van der Waals surface area contributed by atoms with Crippen LogP contribution in [0, 0.1) is 13.8 Å². The number of likely N-dealkylation sites (tertiary alicyclic amines) is 1. The number of rotatable bonds is 4. The molecule has 0 radical (unpaired) electrons. The van der Waals surface area contributed by atoms with Gasteiger partial charge in [-0.2, -0.15) is 18.2 Å². The summed E-state index contributed by atoms with van der Waals surface area (Å²) in [6, 6.07) is 7.59. The molecule has 0 N–H and O–H groups in total. The van der Waals surface area contributed by atoms with E-state index in [1.807, 2.05) is 29.2 Å². The van der Waals surface area contributed by atoms with Gasteiger partial charge in [0.05, 0.1) is 19.6 Å². The lowest BCUT2D eigenvalue weighted by Gasteiger charge is -2.26. The molecule has 31 heavy (non-hydrogen) atoms. The molecule has 4 rings (SSSR count). The number of hydrogen-bond donors (Lipinski definition) is 0. The summed E-state index contributed by atoms with van der Waals surface area (Å²) >= 11 is 0. The maximum atomic E-state index is 13.2. The van der Waals surface area contributed by atoms with Gasteiger partial charge in [0, 0.05) is 23.5 Å². The molecule has 0 unspecified atom stereocenters. The molecule has 2 aromatic heterocycles. The Morgan fingerprint density at radius 3 is 2.55 bits per heavy atom. The Hall–Kier alpha value is -3.17. The van der Waals surface area contributed by atoms with Crippen LogP contribution in [0.25, 0.3) is 5.78 Å². The van der Waals surface area contributed by atoms with E-state index in [2.05, 4.69) is 15.1 Å². The summed E-state index contributed by atoms with van der Waals surface area (Å²) in [5.41, 5.74) is 2.50. The fourth-order valence-corrected chi connectivity index (χ4v) is 4.07. The molecule has 0 spiro atoms. The average molecular weight is 433 g/mol. The first kappa shape index (κ1) is 21.1. The van der Waals surface area contributed by atoms with Gasteiger partial charge in [-0.05, 0) is 44.4 Å². The third kappa shape index (κ3) is 3.94. The highest BCUT2D eigenvalue weighted by atomic mass is 19.4. The molecule has 7 nitrogen and oxygen atoms in total. The third-order valence-corrected chi connectivity index (χ3v) is 5.70. The van der Waals surface area contributed by atoms with E-state index in [1.54, 1.807) is 21.0 Å². The summed E-state index contributed by atoms with van der Waals surface area (Å²) in [5, 5.41) is 3.55. The fourth-order valence-electron chi connectivity index (χ4n) is 4.07. The van der Waals surface area contributed by atoms with E-state index in [9.17, 15) is 18.0 Å². The number of amides is 1. The van der Waals surface area contributed by atoms with Crippen LogP contribution in [0.1, 0.15) is 47.2 Å². The zero-order valence-corrected chi connectivity index (χ0v) is 17.4. The van der Waals surface area contributed by atoms with E-state index in [0.29, 0.717) is 23.5 Å². The first-order valence-electron chi connectivity index (χ1n) is 9.92. The van der Waals surface area contributed by atoms with Crippen LogP contribution < -0.4 is 4.74 Å². The molecule has 1 fully saturated rings. The highest BCUT2D eigenvalue weighted by Crippen LogP contribution is 2.34. The molecule has 0 aliphatic carbocycles. The zero-order chi connectivity index (χ0) is 22.3. The van der Waals surface area contributed by atoms with Crippen LogP contribution in [0.15, 0.2) is 24.3 Å². The van der Waals surface area contributed by atoms with E-state index < -0.39 is 12.0 Å². The summed E-state index contributed by atoms with van der Waals surface area (Å²) in [7, 11) is 1.60. The molecule has 0 saturated carbocycles. The van der Waals surface area contributed by atoms with E-state index in [0.717, 1.165) is 28.7 Å². The number of aromatic nitrogens is 4. The average Bonchev–Trinajstić information content (AvgIpc) is 3.38. The number of halogens is 3. The number of aryl methyl sites for hydroxylation is 2. The maximum Gasteiger partial charge on any atom is 0.453 e. The SMILES string of the molecule is COc1ccc([C@H]2CCCN2C(=O)Cc2c(C)nc3nc(C(F)(F)F)nn3c2C)cc1. The number of alkyl halides is 3. The highest BCUT2D eigenvalue weighted by Gasteiger charge is 2.37. The van der Waals surface area contributed by atoms with Gasteiger partial charge in [-0.25, -0.2) is 9.50 Å². The number of methoxy groups -OCH3 is 1. The van der Waals surface area contributed by atoms with Crippen molar-refractivity contribution < 1.29 is 22.7 Å². The summed E-state index contributed by atoms with van der Waals surface area (Å²) in [5.74, 6) is -0.723. The standard InChI is InChI=1S/C21H22F3N5O2/c1-12-16(13(2)29-20(25-12)26-19(27-29)21(22,23)24)11-18(30)28-10-4-5-17(28)14-6-8-15(31-3)9-7-14/h6-9,17H,4-5,10-11H2,1-3H3/t17-/m1/s1. The van der Waals surface area contributed by atoms with E-state index in [-0.39, 0.29) is 24.1 Å². The number of ether oxygens (including phenoxy) is 1. The Bertz CT molecular complexity index is 1120. The summed E-state index contributed by atoms with van der Waals surface area (Å²) in [4.78, 5) is 22.6. The second-order valence-electron chi connectivity index (χ2n) is 7.60. The molecule has 1 amide bonds. The largest absolute Gasteiger partial charge is 0.497 e. The predicted octanol–water partition coefficient (Wildman–Crippen LogP) is 3.67. The fraction of sp³-hybridized carbons (Fsp3) is 0.429. The molecule has 1 saturated heterocycles. The lowest BCUT2D eigenvalue weighted by Crippen LogP contribution is -2.32. The number of benzene rings is 1. The van der Waals surface area contributed by atoms with Crippen LogP contribution in [-0.2, 0) is 17.4 Å². The number of carbonyl (C=O) groups is 1. The number of nitrogens with zero attached hydrogens (tertiary/aromatic N) is 5. The minimum atomic E-state index is -4.66. The second kappa shape index (κ2) is 7.82. The van der Waals surface area contributed by atoms with Gasteiger partial charge in [0.25, 0.3) is 11.6 Å². The topological polar surface area (TPSA) is 72.6 Å². The molecule has 1 aromatic carbocycles. The summed E-state index contributed by atoms with van der Waals surface area (Å²) in [6.45, 7) is 3.93. The van der Waals surface area contributed by atoms with E-state index in [1.165, 1.54) is 0 Å². The highest BCUT2D eigenvalue weighted by molar-refractivity contribution is 5.80. The normalized spacial score (nSPS) is 16.8. The Morgan fingerprint density at radius 1 is 1.19 bits per heavy atom. The van der Waals surface area contributed by atoms with Crippen LogP contribution in [0.2, 0.25) is 0 Å². The third-order valence-electron chi connectivity index (χ3n) is 5.70. The molecule has 10 heteroatoms. The molecule has 164 valence electrons. The predicted molar refractivity (Wildman–Crippen MR) is 106 cm³/mol. The quantitative estimate of drug-likeness (QED) is 0.628. The van der Waals surface area contributed by atoms with Crippen LogP contribution in [0.3, 0.4) is 0 Å². The van der Waals surface area contributed by atoms with Crippen LogP contribution in [0.5, 0.6) is 5.75 Å². The molecular weight excluding hydrogens is 411 g/mol. The van der Waals surface area contributed by atoms with E-state index >= 15 is 0 Å². The number of carbonyl (C=O) groups excluding carboxylic acids is 1. The molecule has 3 aromatic rings. The van der Waals surface area contributed by atoms with Gasteiger partial charge >= 0.3 is 6.18 Å². The van der Waals surface area contributed by atoms with Gasteiger partial charge in [0.2, 0.25) is 5.91 Å². The van der Waals surface area contributed by atoms with Crippen molar-refractivity contribution in [1.29, 1.82) is 0 Å². The van der Waals surface area contributed by atoms with Crippen LogP contribution in [0.4, 0.5) is 13.2 Å². The Labute approximate surface area is 176 Å². The minimum absolute atomic E-state index is 0.0362. The number of fused-ring (bicyclic) bond motifs is 1. The van der Waals surface area contributed by atoms with Gasteiger partial charge in [0.15, 0.2) is 0 Å². The monoisotopic (exact) mass is 433 g/mol. The Balaban J connectivity index is 1.61. The Morgan fingerprint density at radius 2 is 1.90 bits per heavy atom. The molecule has 1 atom stereocenters. The molecule has 0 bridgehead atoms. The smallest absolute Gasteiger partial charge is 0.453 e. The minimum Gasteiger partial charge on any atom is -0.497 e. The van der Waals surface area contributed by atoms with Gasteiger partial charge in [-0.3, -0.25) is 4.79 Å². The number of hydrogen-bond acceptors (Lipinski definition) is 5. The zero-order valence-electron chi connectivity index (χ0n) is 17.4. The van der Waals surface area contributed by atoms with Crippen molar-refractivity contribution in [2.45, 2.75) is 45.3 Å². The molecule has 1 aliphatic rings. The van der Waals surface area contributed by atoms with Gasteiger partial charge < -0.3 is 9.64 Å². The van der Waals surface area contributed by atoms with Crippen molar-refractivity contribution in [3.05, 3.63) is 52.6 Å². The Kier molecular flexibility index (Phi) is 5.32. The second-order valence-corrected chi connectivity index (χ2v) is 7.60. The summed E-state index contributed by atoms with van der Waals surface area (Å²) in [6.07, 6.45) is -2.89. The summed E-state index contributed by atoms with van der Waals surface area (Å²) < 4.78 is 45.2.